The minimum absolute atomic E-state index is 0.769. The van der Waals surface area contributed by atoms with Crippen LogP contribution in [0.15, 0.2) is 41.8 Å². The van der Waals surface area contributed by atoms with E-state index in [0.29, 0.717) is 0 Å². The zero-order valence-corrected chi connectivity index (χ0v) is 20.4. The highest BCUT2D eigenvalue weighted by Gasteiger charge is 2.27. The van der Waals surface area contributed by atoms with E-state index in [0.717, 1.165) is 76.6 Å². The molecule has 7 rings (SSSR count). The van der Waals surface area contributed by atoms with Crippen LogP contribution in [0.5, 0.6) is 0 Å². The van der Waals surface area contributed by atoms with E-state index in [1.165, 1.54) is 34.9 Å². The number of nitrogens with zero attached hydrogens (tertiary/aromatic N) is 6. The van der Waals surface area contributed by atoms with Gasteiger partial charge in [-0.3, -0.25) is 4.40 Å². The molecule has 9 heteroatoms. The molecule has 1 fully saturated rings. The number of anilines is 1. The summed E-state index contributed by atoms with van der Waals surface area (Å²) in [6, 6.07) is 10.5. The maximum absolute atomic E-state index is 5.61. The van der Waals surface area contributed by atoms with Crippen LogP contribution in [0.1, 0.15) is 29.5 Å². The Morgan fingerprint density at radius 2 is 1.82 bits per heavy atom. The van der Waals surface area contributed by atoms with Crippen LogP contribution >= 0.6 is 23.1 Å². The third kappa shape index (κ3) is 3.37. The summed E-state index contributed by atoms with van der Waals surface area (Å²) in [5.41, 5.74) is 6.05. The lowest BCUT2D eigenvalue weighted by molar-refractivity contribution is 0.122. The van der Waals surface area contributed by atoms with E-state index in [1.807, 2.05) is 4.40 Å². The number of fused-ring (bicyclic) bond motifs is 7. The fraction of sp³-hybridized carbons (Fsp3) is 0.360. The minimum Gasteiger partial charge on any atom is -0.378 e. The van der Waals surface area contributed by atoms with Gasteiger partial charge in [0.05, 0.1) is 18.7 Å². The number of rotatable bonds is 4. The second-order valence-electron chi connectivity index (χ2n) is 8.85. The molecule has 5 aromatic rings. The Kier molecular flexibility index (Phi) is 5.14. The molecule has 0 radical (unpaired) electrons. The molecule has 7 nitrogen and oxygen atoms in total. The molecule has 0 spiro atoms. The topological polar surface area (TPSA) is 68.4 Å². The van der Waals surface area contributed by atoms with Crippen LogP contribution in [0.3, 0.4) is 0 Å². The van der Waals surface area contributed by atoms with Crippen molar-refractivity contribution in [3.05, 3.63) is 53.3 Å². The number of benzene rings is 1. The summed E-state index contributed by atoms with van der Waals surface area (Å²) in [7, 11) is 0. The van der Waals surface area contributed by atoms with Gasteiger partial charge < -0.3 is 9.64 Å². The number of aryl methyl sites for hydroxylation is 1. The van der Waals surface area contributed by atoms with E-state index in [1.54, 1.807) is 29.4 Å². The van der Waals surface area contributed by atoms with Crippen molar-refractivity contribution in [1.82, 2.24) is 24.6 Å². The van der Waals surface area contributed by atoms with Crippen LogP contribution in [0.4, 0.5) is 5.82 Å². The number of hydrogen-bond acceptors (Lipinski definition) is 8. The van der Waals surface area contributed by atoms with Crippen molar-refractivity contribution in [3.63, 3.8) is 0 Å². The molecule has 0 bridgehead atoms. The number of thiophene rings is 1. The molecule has 172 valence electrons. The number of hydrogen-bond donors (Lipinski definition) is 0. The summed E-state index contributed by atoms with van der Waals surface area (Å²) in [5, 5.41) is 10.9. The van der Waals surface area contributed by atoms with Crippen molar-refractivity contribution < 1.29 is 4.74 Å². The molecule has 1 saturated heterocycles. The number of pyridine rings is 1. The first-order chi connectivity index (χ1) is 16.9. The first kappa shape index (κ1) is 20.6. The maximum Gasteiger partial charge on any atom is 0.182 e. The summed E-state index contributed by atoms with van der Waals surface area (Å²) in [6.07, 6.45) is 6.39. The van der Waals surface area contributed by atoms with Gasteiger partial charge in [0.25, 0.3) is 0 Å². The zero-order valence-electron chi connectivity index (χ0n) is 18.7. The summed E-state index contributed by atoms with van der Waals surface area (Å²) >= 11 is 3.44. The van der Waals surface area contributed by atoms with E-state index in [2.05, 4.69) is 45.4 Å². The lowest BCUT2D eigenvalue weighted by Crippen LogP contribution is -2.37. The van der Waals surface area contributed by atoms with E-state index in [4.69, 9.17) is 14.7 Å². The molecule has 0 unspecified atom stereocenters. The van der Waals surface area contributed by atoms with Gasteiger partial charge in [0.2, 0.25) is 0 Å². The largest absolute Gasteiger partial charge is 0.378 e. The summed E-state index contributed by atoms with van der Waals surface area (Å²) in [6.45, 7) is 3.35. The van der Waals surface area contributed by atoms with Gasteiger partial charge in [-0.1, -0.05) is 42.1 Å². The molecule has 5 heterocycles. The lowest BCUT2D eigenvalue weighted by Gasteiger charge is -2.31. The van der Waals surface area contributed by atoms with E-state index < -0.39 is 0 Å². The Morgan fingerprint density at radius 3 is 2.68 bits per heavy atom. The van der Waals surface area contributed by atoms with Crippen molar-refractivity contribution in [2.24, 2.45) is 0 Å². The summed E-state index contributed by atoms with van der Waals surface area (Å²) in [5.74, 6) is 2.01. The molecule has 34 heavy (non-hydrogen) atoms. The van der Waals surface area contributed by atoms with Gasteiger partial charge >= 0.3 is 0 Å². The van der Waals surface area contributed by atoms with Crippen LogP contribution < -0.4 is 4.90 Å². The van der Waals surface area contributed by atoms with Crippen LogP contribution in [0.2, 0.25) is 0 Å². The van der Waals surface area contributed by atoms with Crippen molar-refractivity contribution in [2.75, 3.05) is 31.2 Å². The van der Waals surface area contributed by atoms with Gasteiger partial charge in [0.1, 0.15) is 21.7 Å². The second kappa shape index (κ2) is 8.48. The van der Waals surface area contributed by atoms with Crippen molar-refractivity contribution in [1.29, 1.82) is 0 Å². The molecule has 0 saturated carbocycles. The number of ether oxygens (including phenoxy) is 1. The normalized spacial score (nSPS) is 16.5. The smallest absolute Gasteiger partial charge is 0.182 e. The molecule has 0 amide bonds. The summed E-state index contributed by atoms with van der Waals surface area (Å²) in [4.78, 5) is 13.9. The Morgan fingerprint density at radius 1 is 1.00 bits per heavy atom. The van der Waals surface area contributed by atoms with E-state index in [9.17, 15) is 0 Å². The first-order valence-electron chi connectivity index (χ1n) is 11.8. The van der Waals surface area contributed by atoms with Gasteiger partial charge in [-0.05, 0) is 42.4 Å². The average Bonchev–Trinajstić information content (AvgIpc) is 3.53. The molecular formula is C25H24N6OS2. The van der Waals surface area contributed by atoms with Crippen molar-refractivity contribution >= 4 is 55.0 Å². The third-order valence-corrected chi connectivity index (χ3v) is 8.89. The van der Waals surface area contributed by atoms with E-state index in [-0.39, 0.29) is 0 Å². The van der Waals surface area contributed by atoms with Crippen molar-refractivity contribution in [3.8, 4) is 0 Å². The Balaban J connectivity index is 1.42. The highest BCUT2D eigenvalue weighted by molar-refractivity contribution is 7.98. The van der Waals surface area contributed by atoms with Gasteiger partial charge in [-0.15, -0.1) is 21.5 Å². The first-order valence-corrected chi connectivity index (χ1v) is 13.6. The fourth-order valence-corrected chi connectivity index (χ4v) is 7.19. The Bertz CT molecular complexity index is 1510. The fourth-order valence-electron chi connectivity index (χ4n) is 5.15. The molecule has 2 aliphatic rings. The van der Waals surface area contributed by atoms with Crippen LogP contribution in [-0.2, 0) is 23.3 Å². The zero-order chi connectivity index (χ0) is 22.5. The lowest BCUT2D eigenvalue weighted by atomic mass is 9.90. The highest BCUT2D eigenvalue weighted by Crippen LogP contribution is 2.43. The number of thioether (sulfide) groups is 1. The van der Waals surface area contributed by atoms with Gasteiger partial charge in [-0.25, -0.2) is 9.97 Å². The Labute approximate surface area is 205 Å². The quantitative estimate of drug-likeness (QED) is 0.263. The molecule has 4 aromatic heterocycles. The molecule has 1 aromatic carbocycles. The van der Waals surface area contributed by atoms with Crippen LogP contribution in [-0.4, -0.2) is 50.9 Å². The van der Waals surface area contributed by atoms with Gasteiger partial charge in [-0.2, -0.15) is 0 Å². The average molecular weight is 489 g/mol. The van der Waals surface area contributed by atoms with Gasteiger partial charge in [0.15, 0.2) is 10.8 Å². The standard InChI is InChI=1S/C25H24N6OS2/c1-2-6-16(7-3-1)14-33-25-27-20-19-17-8-4-5-9-18(17)22(30-10-12-32-13-11-30)28-24(19)34-21(20)23-29-26-15-31(23)25/h1-3,6-7,15H,4-5,8-14H2. The maximum atomic E-state index is 5.61. The predicted octanol–water partition coefficient (Wildman–Crippen LogP) is 4.89. The van der Waals surface area contributed by atoms with E-state index >= 15 is 0 Å². The molecule has 1 aliphatic carbocycles. The number of morpholine rings is 1. The predicted molar refractivity (Wildman–Crippen MR) is 137 cm³/mol. The minimum atomic E-state index is 0.769. The summed E-state index contributed by atoms with van der Waals surface area (Å²) < 4.78 is 8.72. The molecule has 0 N–H and O–H groups in total. The monoisotopic (exact) mass is 488 g/mol. The van der Waals surface area contributed by atoms with Crippen LogP contribution in [0, 0.1) is 0 Å². The van der Waals surface area contributed by atoms with Crippen LogP contribution in [0.25, 0.3) is 26.1 Å². The number of aromatic nitrogens is 5. The van der Waals surface area contributed by atoms with Crippen molar-refractivity contribution in [2.45, 2.75) is 36.6 Å². The van der Waals surface area contributed by atoms with Gasteiger partial charge in [0, 0.05) is 24.2 Å². The molecular weight excluding hydrogens is 464 g/mol. The highest BCUT2D eigenvalue weighted by atomic mass is 32.2. The third-order valence-electron chi connectivity index (χ3n) is 6.80. The molecule has 0 atom stereocenters. The Hall–Kier alpha value is -2.75. The second-order valence-corrected chi connectivity index (χ2v) is 10.8. The molecule has 1 aliphatic heterocycles. The SMILES string of the molecule is c1ccc(CSc2nc3c(sc4nc(N5CCOCC5)c5c(c43)CCCC5)c3nncn23)cc1.